The Morgan fingerprint density at radius 1 is 0.214 bits per heavy atom. The first-order valence-corrected chi connectivity index (χ1v) is 14.5. The molecule has 0 bridgehead atoms. The van der Waals surface area contributed by atoms with Crippen LogP contribution in [0.15, 0.2) is 170 Å². The van der Waals surface area contributed by atoms with E-state index in [0.29, 0.717) is 0 Å². The van der Waals surface area contributed by atoms with Gasteiger partial charge in [-0.2, -0.15) is 0 Å². The number of hydrogen-bond donors (Lipinski definition) is 0. The molecule has 0 fully saturated rings. The molecule has 0 heteroatoms. The van der Waals surface area contributed by atoms with Crippen molar-refractivity contribution in [2.75, 3.05) is 0 Å². The normalized spacial score (nSPS) is 11.3. The van der Waals surface area contributed by atoms with E-state index in [-0.39, 0.29) is 0 Å². The van der Waals surface area contributed by atoms with Crippen LogP contribution in [0.1, 0.15) is 0 Å². The maximum atomic E-state index is 2.40. The van der Waals surface area contributed by atoms with Crippen molar-refractivity contribution in [3.8, 4) is 44.5 Å². The molecule has 0 N–H and O–H groups in total. The van der Waals surface area contributed by atoms with Crippen LogP contribution in [-0.4, -0.2) is 0 Å². The molecule has 42 heavy (non-hydrogen) atoms. The Kier molecular flexibility index (Phi) is 5.90. The van der Waals surface area contributed by atoms with Gasteiger partial charge in [0.1, 0.15) is 0 Å². The fraction of sp³-hybridized carbons (Fsp3) is 0. The molecule has 0 aliphatic rings. The highest BCUT2D eigenvalue weighted by Gasteiger charge is 2.18. The highest BCUT2D eigenvalue weighted by molar-refractivity contribution is 6.23. The highest BCUT2D eigenvalue weighted by atomic mass is 14.2. The summed E-state index contributed by atoms with van der Waals surface area (Å²) in [4.78, 5) is 0. The SMILES string of the molecule is c1ccc(-c2cc(-c3ccccc3)cc(-c3c4ccccc4c(-c4ccccc4)c4cc5ccccc5cc34)c2)cc1. The molecule has 0 aliphatic carbocycles. The number of rotatable bonds is 4. The molecule has 0 heterocycles. The van der Waals surface area contributed by atoms with Gasteiger partial charge >= 0.3 is 0 Å². The topological polar surface area (TPSA) is 0 Å². The minimum Gasteiger partial charge on any atom is -0.0622 e. The van der Waals surface area contributed by atoms with E-state index in [1.807, 2.05) is 0 Å². The van der Waals surface area contributed by atoms with Gasteiger partial charge in [-0.3, -0.25) is 0 Å². The molecule has 0 nitrogen and oxygen atoms in total. The molecule has 196 valence electrons. The van der Waals surface area contributed by atoms with Crippen LogP contribution in [0.2, 0.25) is 0 Å². The van der Waals surface area contributed by atoms with E-state index < -0.39 is 0 Å². The van der Waals surface area contributed by atoms with Crippen molar-refractivity contribution in [2.24, 2.45) is 0 Å². The summed E-state index contributed by atoms with van der Waals surface area (Å²) < 4.78 is 0. The second-order valence-corrected chi connectivity index (χ2v) is 10.9. The Bertz CT molecular complexity index is 2150. The molecule has 0 spiro atoms. The first kappa shape index (κ1) is 24.3. The molecule has 8 aromatic rings. The third-order valence-corrected chi connectivity index (χ3v) is 8.39. The fourth-order valence-corrected chi connectivity index (χ4v) is 6.46. The van der Waals surface area contributed by atoms with E-state index in [1.165, 1.54) is 76.8 Å². The summed E-state index contributed by atoms with van der Waals surface area (Å²) in [6.07, 6.45) is 0. The van der Waals surface area contributed by atoms with Crippen LogP contribution in [0.4, 0.5) is 0 Å². The van der Waals surface area contributed by atoms with Gasteiger partial charge in [-0.05, 0) is 107 Å². The minimum absolute atomic E-state index is 1.22. The summed E-state index contributed by atoms with van der Waals surface area (Å²) in [5.41, 5.74) is 9.91. The average molecular weight is 533 g/mol. The zero-order valence-electron chi connectivity index (χ0n) is 23.2. The Morgan fingerprint density at radius 3 is 1.05 bits per heavy atom. The van der Waals surface area contributed by atoms with Crippen LogP contribution in [-0.2, 0) is 0 Å². The van der Waals surface area contributed by atoms with Crippen LogP contribution in [0.5, 0.6) is 0 Å². The van der Waals surface area contributed by atoms with E-state index in [2.05, 4.69) is 170 Å². The number of fused-ring (bicyclic) bond motifs is 3. The molecule has 8 aromatic carbocycles. The van der Waals surface area contributed by atoms with Gasteiger partial charge in [-0.15, -0.1) is 0 Å². The minimum atomic E-state index is 1.22. The standard InChI is InChI=1S/C42H28/c1-4-14-29(15-5-1)34-24-35(30-16-6-2-7-17-30)26-36(25-34)42-38-23-13-12-22-37(38)41(31-18-8-3-9-19-31)39-27-32-20-10-11-21-33(32)28-40(39)42/h1-28H. The van der Waals surface area contributed by atoms with Crippen LogP contribution in [0.3, 0.4) is 0 Å². The second kappa shape index (κ2) is 10.2. The van der Waals surface area contributed by atoms with Crippen LogP contribution < -0.4 is 0 Å². The molecule has 0 saturated carbocycles. The maximum absolute atomic E-state index is 2.40. The van der Waals surface area contributed by atoms with E-state index in [0.717, 1.165) is 0 Å². The summed E-state index contributed by atoms with van der Waals surface area (Å²) in [6.45, 7) is 0. The lowest BCUT2D eigenvalue weighted by Crippen LogP contribution is -1.93. The molecule has 0 atom stereocenters. The third kappa shape index (κ3) is 4.17. The monoisotopic (exact) mass is 532 g/mol. The molecule has 0 radical (unpaired) electrons. The molecular formula is C42H28. The Hall–Kier alpha value is -5.46. The van der Waals surface area contributed by atoms with Crippen molar-refractivity contribution >= 4 is 32.3 Å². The van der Waals surface area contributed by atoms with Gasteiger partial charge in [0.2, 0.25) is 0 Å². The summed E-state index contributed by atoms with van der Waals surface area (Å²) in [7, 11) is 0. The van der Waals surface area contributed by atoms with Gasteiger partial charge in [0, 0.05) is 0 Å². The number of hydrogen-bond acceptors (Lipinski definition) is 0. The largest absolute Gasteiger partial charge is 0.0622 e. The predicted molar refractivity (Wildman–Crippen MR) is 181 cm³/mol. The summed E-state index contributed by atoms with van der Waals surface area (Å²) >= 11 is 0. The third-order valence-electron chi connectivity index (χ3n) is 8.39. The van der Waals surface area contributed by atoms with E-state index in [1.54, 1.807) is 0 Å². The van der Waals surface area contributed by atoms with Gasteiger partial charge in [0.05, 0.1) is 0 Å². The Balaban J connectivity index is 1.54. The maximum Gasteiger partial charge on any atom is -0.00257 e. The lowest BCUT2D eigenvalue weighted by atomic mass is 9.83. The highest BCUT2D eigenvalue weighted by Crippen LogP contribution is 2.46. The first-order chi connectivity index (χ1) is 20.8. The summed E-state index contributed by atoms with van der Waals surface area (Å²) in [5.74, 6) is 0. The Morgan fingerprint density at radius 2 is 0.571 bits per heavy atom. The van der Waals surface area contributed by atoms with Gasteiger partial charge in [0.15, 0.2) is 0 Å². The van der Waals surface area contributed by atoms with Crippen molar-refractivity contribution < 1.29 is 0 Å². The average Bonchev–Trinajstić information content (AvgIpc) is 3.07. The molecular weight excluding hydrogens is 504 g/mol. The van der Waals surface area contributed by atoms with E-state index in [4.69, 9.17) is 0 Å². The Labute approximate surface area is 246 Å². The van der Waals surface area contributed by atoms with Crippen LogP contribution in [0, 0.1) is 0 Å². The van der Waals surface area contributed by atoms with E-state index in [9.17, 15) is 0 Å². The van der Waals surface area contributed by atoms with Crippen molar-refractivity contribution in [1.82, 2.24) is 0 Å². The van der Waals surface area contributed by atoms with E-state index >= 15 is 0 Å². The zero-order chi connectivity index (χ0) is 27.9. The number of benzene rings is 8. The molecule has 0 aromatic heterocycles. The molecule has 0 unspecified atom stereocenters. The van der Waals surface area contributed by atoms with Gasteiger partial charge in [0.25, 0.3) is 0 Å². The van der Waals surface area contributed by atoms with Gasteiger partial charge in [-0.25, -0.2) is 0 Å². The lowest BCUT2D eigenvalue weighted by molar-refractivity contribution is 1.58. The summed E-state index contributed by atoms with van der Waals surface area (Å²) in [6, 6.07) is 61.8. The lowest BCUT2D eigenvalue weighted by Gasteiger charge is -2.20. The second-order valence-electron chi connectivity index (χ2n) is 10.9. The van der Waals surface area contributed by atoms with Gasteiger partial charge in [-0.1, -0.05) is 140 Å². The van der Waals surface area contributed by atoms with Gasteiger partial charge < -0.3 is 0 Å². The zero-order valence-corrected chi connectivity index (χ0v) is 23.2. The van der Waals surface area contributed by atoms with Crippen molar-refractivity contribution in [3.05, 3.63) is 170 Å². The molecule has 0 saturated heterocycles. The smallest absolute Gasteiger partial charge is 0.00257 e. The van der Waals surface area contributed by atoms with Crippen LogP contribution in [0.25, 0.3) is 76.8 Å². The molecule has 0 amide bonds. The molecule has 8 rings (SSSR count). The summed E-state index contributed by atoms with van der Waals surface area (Å²) in [5, 5.41) is 7.60. The quantitative estimate of drug-likeness (QED) is 0.198. The first-order valence-electron chi connectivity index (χ1n) is 14.5. The molecule has 0 aliphatic heterocycles. The predicted octanol–water partition coefficient (Wildman–Crippen LogP) is 11.8. The fourth-order valence-electron chi connectivity index (χ4n) is 6.46. The van der Waals surface area contributed by atoms with Crippen LogP contribution >= 0.6 is 0 Å². The van der Waals surface area contributed by atoms with Crippen molar-refractivity contribution in [2.45, 2.75) is 0 Å². The van der Waals surface area contributed by atoms with Crippen molar-refractivity contribution in [1.29, 1.82) is 0 Å². The van der Waals surface area contributed by atoms with Crippen molar-refractivity contribution in [3.63, 3.8) is 0 Å².